The molecule has 0 amide bonds. The molecule has 7 heteroatoms. The molecule has 0 aromatic rings. The molecule has 2 bridgehead atoms. The highest BCUT2D eigenvalue weighted by Gasteiger charge is 2.72. The van der Waals surface area contributed by atoms with Crippen LogP contribution in [0.2, 0.25) is 0 Å². The van der Waals surface area contributed by atoms with Gasteiger partial charge in [0.05, 0.1) is 12.5 Å². The number of hydrogen-bond acceptors (Lipinski definition) is 7. The lowest BCUT2D eigenvalue weighted by molar-refractivity contribution is -0.159. The summed E-state index contributed by atoms with van der Waals surface area (Å²) < 4.78 is 21.0. The van der Waals surface area contributed by atoms with E-state index < -0.39 is 23.0 Å². The summed E-state index contributed by atoms with van der Waals surface area (Å²) in [5.41, 5.74) is -1.30. The van der Waals surface area contributed by atoms with Crippen molar-refractivity contribution in [3.05, 3.63) is 12.2 Å². The van der Waals surface area contributed by atoms with Gasteiger partial charge in [-0.15, -0.1) is 0 Å². The molecule has 1 spiro atoms. The Kier molecular flexibility index (Phi) is 3.91. The third-order valence-electron chi connectivity index (χ3n) is 4.91. The minimum absolute atomic E-state index is 0.0205. The van der Waals surface area contributed by atoms with Gasteiger partial charge in [-0.1, -0.05) is 6.58 Å². The monoisotopic (exact) mass is 324 g/mol. The van der Waals surface area contributed by atoms with E-state index in [1.165, 1.54) is 6.92 Å². The molecular formula is C16H20O7. The summed E-state index contributed by atoms with van der Waals surface area (Å²) in [6.45, 7) is 5.11. The van der Waals surface area contributed by atoms with E-state index in [2.05, 4.69) is 6.58 Å². The minimum Gasteiger partial charge on any atom is -0.462 e. The van der Waals surface area contributed by atoms with Gasteiger partial charge in [-0.25, -0.2) is 4.79 Å². The average molecular weight is 324 g/mol. The Labute approximate surface area is 133 Å². The third-order valence-corrected chi connectivity index (χ3v) is 4.91. The van der Waals surface area contributed by atoms with Crippen LogP contribution < -0.4 is 0 Å². The fourth-order valence-corrected chi connectivity index (χ4v) is 3.75. The molecule has 0 aromatic heterocycles. The second-order valence-electron chi connectivity index (χ2n) is 6.45. The van der Waals surface area contributed by atoms with Gasteiger partial charge < -0.3 is 18.9 Å². The zero-order valence-corrected chi connectivity index (χ0v) is 13.1. The second kappa shape index (κ2) is 5.63. The van der Waals surface area contributed by atoms with E-state index in [0.29, 0.717) is 6.42 Å². The summed E-state index contributed by atoms with van der Waals surface area (Å²) in [4.78, 5) is 35.5. The van der Waals surface area contributed by atoms with Gasteiger partial charge in [-0.2, -0.15) is 0 Å². The molecule has 3 atom stereocenters. The first-order chi connectivity index (χ1) is 10.9. The van der Waals surface area contributed by atoms with Crippen LogP contribution in [0.15, 0.2) is 12.2 Å². The first-order valence-electron chi connectivity index (χ1n) is 7.72. The number of carbonyl (C=O) groups excluding carboxylic acids is 3. The van der Waals surface area contributed by atoms with Crippen LogP contribution in [0.5, 0.6) is 0 Å². The molecule has 0 saturated carbocycles. The molecule has 3 rings (SSSR count). The molecule has 3 aliphatic rings. The molecule has 3 heterocycles. The zero-order chi connectivity index (χ0) is 16.7. The highest BCUT2D eigenvalue weighted by Crippen LogP contribution is 2.61. The molecule has 126 valence electrons. The summed E-state index contributed by atoms with van der Waals surface area (Å²) in [6, 6.07) is 0. The molecule has 0 aromatic carbocycles. The van der Waals surface area contributed by atoms with Crippen molar-refractivity contribution in [3.63, 3.8) is 0 Å². The van der Waals surface area contributed by atoms with Crippen molar-refractivity contribution in [1.82, 2.24) is 0 Å². The van der Waals surface area contributed by atoms with Gasteiger partial charge in [0.2, 0.25) is 0 Å². The summed E-state index contributed by atoms with van der Waals surface area (Å²) in [5.74, 6) is -1.41. The van der Waals surface area contributed by atoms with Crippen LogP contribution in [0, 0.1) is 5.41 Å². The number of rotatable bonds is 6. The molecule has 3 saturated heterocycles. The molecule has 3 unspecified atom stereocenters. The number of ether oxygens (including phenoxy) is 4. The maximum atomic E-state index is 12.2. The highest BCUT2D eigenvalue weighted by atomic mass is 16.6. The fraction of sp³-hybridized carbons (Fsp3) is 0.688. The molecule has 23 heavy (non-hydrogen) atoms. The minimum atomic E-state index is -0.915. The normalized spacial score (nSPS) is 34.0. The molecule has 0 N–H and O–H groups in total. The van der Waals surface area contributed by atoms with Gasteiger partial charge in [0, 0.05) is 5.57 Å². The van der Waals surface area contributed by atoms with Crippen molar-refractivity contribution < 1.29 is 33.3 Å². The predicted octanol–water partition coefficient (Wildman–Crippen LogP) is 0.904. The lowest BCUT2D eigenvalue weighted by Gasteiger charge is -2.33. The number of esters is 3. The SMILES string of the molecule is C=C(C)C(=O)OCCOC(=O)CC12CC3CCC1(COC2=O)O3. The van der Waals surface area contributed by atoms with Gasteiger partial charge in [0.25, 0.3) is 0 Å². The number of hydrogen-bond donors (Lipinski definition) is 0. The topological polar surface area (TPSA) is 88.1 Å². The van der Waals surface area contributed by atoms with E-state index in [4.69, 9.17) is 18.9 Å². The van der Waals surface area contributed by atoms with Gasteiger partial charge in [-0.3, -0.25) is 9.59 Å². The van der Waals surface area contributed by atoms with Gasteiger partial charge in [0.1, 0.15) is 30.8 Å². The predicted molar refractivity (Wildman–Crippen MR) is 76.2 cm³/mol. The zero-order valence-electron chi connectivity index (χ0n) is 13.1. The van der Waals surface area contributed by atoms with E-state index in [1.54, 1.807) is 0 Å². The quantitative estimate of drug-likeness (QED) is 0.310. The number of fused-ring (bicyclic) bond motifs is 1. The van der Waals surface area contributed by atoms with Crippen molar-refractivity contribution in [1.29, 1.82) is 0 Å². The Bertz CT molecular complexity index is 569. The summed E-state index contributed by atoms with van der Waals surface area (Å²) in [5, 5.41) is 0. The molecule has 3 fully saturated rings. The van der Waals surface area contributed by atoms with E-state index in [-0.39, 0.29) is 43.9 Å². The Hall–Kier alpha value is -1.89. The molecule has 7 nitrogen and oxygen atoms in total. The standard InChI is InChI=1S/C16H20O7/c1-10(2)13(18)21-6-5-20-12(17)8-15-7-11-3-4-16(15,23-11)9-22-14(15)19/h11H,1,3-9H2,2H3. The van der Waals surface area contributed by atoms with E-state index in [1.807, 2.05) is 0 Å². The third kappa shape index (κ3) is 2.52. The molecule has 3 aliphatic heterocycles. The highest BCUT2D eigenvalue weighted by molar-refractivity contribution is 5.88. The van der Waals surface area contributed by atoms with E-state index >= 15 is 0 Å². The van der Waals surface area contributed by atoms with Crippen molar-refractivity contribution in [3.8, 4) is 0 Å². The largest absolute Gasteiger partial charge is 0.462 e. The molecule has 0 aliphatic carbocycles. The average Bonchev–Trinajstić information content (AvgIpc) is 3.12. The van der Waals surface area contributed by atoms with Crippen LogP contribution in [0.4, 0.5) is 0 Å². The Balaban J connectivity index is 1.53. The maximum Gasteiger partial charge on any atom is 0.333 e. The summed E-state index contributed by atoms with van der Waals surface area (Å²) in [7, 11) is 0. The van der Waals surface area contributed by atoms with Crippen molar-refractivity contribution in [2.75, 3.05) is 19.8 Å². The summed E-state index contributed by atoms with van der Waals surface area (Å²) >= 11 is 0. The van der Waals surface area contributed by atoms with Gasteiger partial charge in [0.15, 0.2) is 0 Å². The lowest BCUT2D eigenvalue weighted by Crippen LogP contribution is -2.47. The van der Waals surface area contributed by atoms with Gasteiger partial charge in [-0.05, 0) is 26.2 Å². The van der Waals surface area contributed by atoms with Crippen LogP contribution in [-0.4, -0.2) is 49.4 Å². The second-order valence-corrected chi connectivity index (χ2v) is 6.45. The van der Waals surface area contributed by atoms with Crippen LogP contribution in [-0.2, 0) is 33.3 Å². The number of carbonyl (C=O) groups is 3. The van der Waals surface area contributed by atoms with Crippen LogP contribution in [0.1, 0.15) is 32.6 Å². The van der Waals surface area contributed by atoms with Crippen LogP contribution in [0.25, 0.3) is 0 Å². The smallest absolute Gasteiger partial charge is 0.333 e. The Morgan fingerprint density at radius 3 is 2.78 bits per heavy atom. The maximum absolute atomic E-state index is 12.2. The van der Waals surface area contributed by atoms with E-state index in [0.717, 1.165) is 12.8 Å². The first-order valence-corrected chi connectivity index (χ1v) is 7.72. The Morgan fingerprint density at radius 2 is 2.09 bits per heavy atom. The molecular weight excluding hydrogens is 304 g/mol. The van der Waals surface area contributed by atoms with Crippen molar-refractivity contribution in [2.45, 2.75) is 44.3 Å². The number of cyclic esters (lactones) is 1. The van der Waals surface area contributed by atoms with Crippen molar-refractivity contribution >= 4 is 17.9 Å². The van der Waals surface area contributed by atoms with E-state index in [9.17, 15) is 14.4 Å². The summed E-state index contributed by atoms with van der Waals surface area (Å²) in [6.07, 6.45) is 2.09. The van der Waals surface area contributed by atoms with Gasteiger partial charge >= 0.3 is 17.9 Å². The van der Waals surface area contributed by atoms with Crippen LogP contribution in [0.3, 0.4) is 0 Å². The fourth-order valence-electron chi connectivity index (χ4n) is 3.75. The van der Waals surface area contributed by atoms with Crippen LogP contribution >= 0.6 is 0 Å². The van der Waals surface area contributed by atoms with Crippen molar-refractivity contribution in [2.24, 2.45) is 5.41 Å². The lowest BCUT2D eigenvalue weighted by atomic mass is 9.65. The first kappa shape index (κ1) is 16.0. The Morgan fingerprint density at radius 1 is 1.35 bits per heavy atom. The molecule has 0 radical (unpaired) electrons.